The summed E-state index contributed by atoms with van der Waals surface area (Å²) in [6.07, 6.45) is 0.190. The zero-order valence-corrected chi connectivity index (χ0v) is 27.1. The number of anilines is 2. The normalized spacial score (nSPS) is 14.2. The van der Waals surface area contributed by atoms with Gasteiger partial charge in [-0.2, -0.15) is 0 Å². The number of aliphatic carboxylic acids is 1. The molecule has 0 spiro atoms. The largest absolute Gasteiger partial charge is 0.480 e. The second-order valence-corrected chi connectivity index (χ2v) is 12.5. The van der Waals surface area contributed by atoms with Crippen LogP contribution in [0.25, 0.3) is 11.0 Å². The average Bonchev–Trinajstić information content (AvgIpc) is 3.43. The van der Waals surface area contributed by atoms with E-state index < -0.39 is 35.7 Å². The molecule has 1 aliphatic heterocycles. The highest BCUT2D eigenvalue weighted by atomic mass is 16.6. The number of alkyl carbamates (subject to hydrolysis) is 1. The van der Waals surface area contributed by atoms with Crippen molar-refractivity contribution in [2.24, 2.45) is 0 Å². The fraction of sp³-hybridized carbons (Fsp3) is 0.343. The van der Waals surface area contributed by atoms with Crippen LogP contribution in [0.5, 0.6) is 0 Å². The maximum atomic E-state index is 13.1. The zero-order valence-electron chi connectivity index (χ0n) is 27.1. The van der Waals surface area contributed by atoms with Crippen LogP contribution in [0, 0.1) is 0 Å². The van der Waals surface area contributed by atoms with E-state index in [1.165, 1.54) is 4.57 Å². The number of benzene rings is 3. The van der Waals surface area contributed by atoms with Crippen LogP contribution in [0.3, 0.4) is 0 Å². The molecule has 2 heterocycles. The molecule has 13 nitrogen and oxygen atoms in total. The maximum Gasteiger partial charge on any atom is 0.421 e. The number of carboxylic acid groups (broad SMARTS) is 1. The summed E-state index contributed by atoms with van der Waals surface area (Å²) in [4.78, 5) is 56.6. The van der Waals surface area contributed by atoms with Gasteiger partial charge in [-0.1, -0.05) is 42.5 Å². The van der Waals surface area contributed by atoms with E-state index in [9.17, 15) is 24.3 Å². The first-order valence-electron chi connectivity index (χ1n) is 15.8. The van der Waals surface area contributed by atoms with Crippen molar-refractivity contribution in [3.63, 3.8) is 0 Å². The van der Waals surface area contributed by atoms with Crippen molar-refractivity contribution < 1.29 is 33.8 Å². The zero-order chi connectivity index (χ0) is 34.3. The fourth-order valence-electron chi connectivity index (χ4n) is 5.31. The van der Waals surface area contributed by atoms with Gasteiger partial charge in [-0.25, -0.2) is 23.9 Å². The standard InChI is InChI=1S/C35H40N6O7/c1-35(2,3)48-34(46)41-29-12-8-7-11-27(29)38-32(41)37-25-17-19-40(20-18-25)26-15-13-24(14-16-26)30(42)36-21-28(31(43)44)39-33(45)47-22-23-9-5-4-6-10-23/h4-16,25,28H,17-22H2,1-3H3,(H,36,42)(H,37,38)(H,39,45)(H,43,44)/t28-/m0/s1. The number of nitrogens with one attached hydrogen (secondary N) is 3. The SMILES string of the molecule is CC(C)(C)OC(=O)n1c(NC2CCN(c3ccc(C(=O)NC[C@H](NC(=O)OCc4ccccc4)C(=O)O)cc3)CC2)nc2ccccc21. The second kappa shape index (κ2) is 14.9. The fourth-order valence-corrected chi connectivity index (χ4v) is 5.31. The summed E-state index contributed by atoms with van der Waals surface area (Å²) in [7, 11) is 0. The number of fused-ring (bicyclic) bond motifs is 1. The number of carbonyl (C=O) groups is 4. The number of rotatable bonds is 10. The number of nitrogens with zero attached hydrogens (tertiary/aromatic N) is 3. The van der Waals surface area contributed by atoms with Gasteiger partial charge in [0.1, 0.15) is 18.2 Å². The van der Waals surface area contributed by atoms with Gasteiger partial charge < -0.3 is 35.4 Å². The first-order valence-corrected chi connectivity index (χ1v) is 15.8. The van der Waals surface area contributed by atoms with E-state index in [0.717, 1.165) is 37.2 Å². The first kappa shape index (κ1) is 33.8. The van der Waals surface area contributed by atoms with Crippen LogP contribution < -0.4 is 20.9 Å². The topological polar surface area (TPSA) is 164 Å². The van der Waals surface area contributed by atoms with Gasteiger partial charge in [-0.15, -0.1) is 0 Å². The van der Waals surface area contributed by atoms with Crippen LogP contribution in [0.4, 0.5) is 21.2 Å². The number of imidazole rings is 1. The molecule has 4 N–H and O–H groups in total. The predicted molar refractivity (Wildman–Crippen MR) is 180 cm³/mol. The highest BCUT2D eigenvalue weighted by Gasteiger charge is 2.27. The van der Waals surface area contributed by atoms with Gasteiger partial charge in [0.25, 0.3) is 5.91 Å². The van der Waals surface area contributed by atoms with Crippen molar-refractivity contribution in [2.45, 2.75) is 57.9 Å². The Bertz CT molecular complexity index is 1740. The molecule has 1 atom stereocenters. The van der Waals surface area contributed by atoms with E-state index in [0.29, 0.717) is 22.5 Å². The van der Waals surface area contributed by atoms with Gasteiger partial charge in [0.2, 0.25) is 5.95 Å². The number of carbonyl (C=O) groups excluding carboxylic acids is 3. The van der Waals surface area contributed by atoms with Crippen molar-refractivity contribution in [1.82, 2.24) is 20.2 Å². The summed E-state index contributed by atoms with van der Waals surface area (Å²) in [5, 5.41) is 17.8. The molecule has 13 heteroatoms. The Labute approximate surface area is 278 Å². The first-order chi connectivity index (χ1) is 23.0. The molecule has 0 unspecified atom stereocenters. The summed E-state index contributed by atoms with van der Waals surface area (Å²) < 4.78 is 12.2. The molecule has 1 saturated heterocycles. The smallest absolute Gasteiger partial charge is 0.421 e. The molecule has 4 aromatic rings. The molecule has 1 aliphatic rings. The lowest BCUT2D eigenvalue weighted by molar-refractivity contribution is -0.139. The number of carboxylic acids is 1. The van der Waals surface area contributed by atoms with Crippen molar-refractivity contribution in [3.05, 3.63) is 90.0 Å². The van der Waals surface area contributed by atoms with Crippen LogP contribution in [0.2, 0.25) is 0 Å². The lowest BCUT2D eigenvalue weighted by Crippen LogP contribution is -2.48. The molecule has 0 aliphatic carbocycles. The van der Waals surface area contributed by atoms with E-state index >= 15 is 0 Å². The monoisotopic (exact) mass is 656 g/mol. The molecular weight excluding hydrogens is 616 g/mol. The van der Waals surface area contributed by atoms with Crippen molar-refractivity contribution >= 4 is 46.7 Å². The van der Waals surface area contributed by atoms with Crippen molar-refractivity contribution in [3.8, 4) is 0 Å². The Morgan fingerprint density at radius 2 is 1.60 bits per heavy atom. The van der Waals surface area contributed by atoms with E-state index in [2.05, 4.69) is 25.8 Å². The van der Waals surface area contributed by atoms with Crippen LogP contribution in [-0.2, 0) is 20.9 Å². The molecule has 3 aromatic carbocycles. The van der Waals surface area contributed by atoms with Gasteiger partial charge in [0.15, 0.2) is 0 Å². The van der Waals surface area contributed by atoms with Gasteiger partial charge in [-0.3, -0.25) is 4.79 Å². The molecule has 1 fully saturated rings. The van der Waals surface area contributed by atoms with Gasteiger partial charge in [0.05, 0.1) is 11.0 Å². The van der Waals surface area contributed by atoms with Crippen molar-refractivity contribution in [2.75, 3.05) is 29.9 Å². The van der Waals surface area contributed by atoms with E-state index in [-0.39, 0.29) is 19.2 Å². The second-order valence-electron chi connectivity index (χ2n) is 12.5. The van der Waals surface area contributed by atoms with E-state index in [4.69, 9.17) is 9.47 Å². The summed E-state index contributed by atoms with van der Waals surface area (Å²) in [5.41, 5.74) is 2.77. The van der Waals surface area contributed by atoms with Gasteiger partial charge >= 0.3 is 18.2 Å². The Morgan fingerprint density at radius 3 is 2.27 bits per heavy atom. The minimum absolute atomic E-state index is 0.0112. The number of piperidine rings is 1. The molecule has 252 valence electrons. The molecule has 1 aromatic heterocycles. The van der Waals surface area contributed by atoms with Gasteiger partial charge in [0, 0.05) is 36.9 Å². The number of ether oxygens (including phenoxy) is 2. The predicted octanol–water partition coefficient (Wildman–Crippen LogP) is 5.01. The van der Waals surface area contributed by atoms with Crippen LogP contribution in [0.15, 0.2) is 78.9 Å². The third-order valence-corrected chi connectivity index (χ3v) is 7.73. The summed E-state index contributed by atoms with van der Waals surface area (Å²) >= 11 is 0. The number of para-hydroxylation sites is 2. The van der Waals surface area contributed by atoms with Crippen LogP contribution >= 0.6 is 0 Å². The highest BCUT2D eigenvalue weighted by molar-refractivity contribution is 5.95. The van der Waals surface area contributed by atoms with Crippen molar-refractivity contribution in [1.29, 1.82) is 0 Å². The molecule has 48 heavy (non-hydrogen) atoms. The number of aromatic nitrogens is 2. The van der Waals surface area contributed by atoms with Crippen LogP contribution in [-0.4, -0.2) is 76.0 Å². The maximum absolute atomic E-state index is 13.1. The van der Waals surface area contributed by atoms with E-state index in [1.54, 1.807) is 36.4 Å². The molecular formula is C35H40N6O7. The molecule has 0 bridgehead atoms. The number of amides is 2. The van der Waals surface area contributed by atoms with E-state index in [1.807, 2.05) is 63.2 Å². The number of hydrogen-bond donors (Lipinski definition) is 4. The Hall–Kier alpha value is -5.59. The lowest BCUT2D eigenvalue weighted by Gasteiger charge is -2.34. The van der Waals surface area contributed by atoms with Crippen LogP contribution in [0.1, 0.15) is 49.5 Å². The average molecular weight is 657 g/mol. The summed E-state index contributed by atoms with van der Waals surface area (Å²) in [5.74, 6) is -1.32. The third-order valence-electron chi connectivity index (χ3n) is 7.73. The minimum Gasteiger partial charge on any atom is -0.480 e. The molecule has 0 radical (unpaired) electrons. The Balaban J connectivity index is 1.12. The quantitative estimate of drug-likeness (QED) is 0.182. The highest BCUT2D eigenvalue weighted by Crippen LogP contribution is 2.26. The Kier molecular flexibility index (Phi) is 10.5. The molecule has 5 rings (SSSR count). The third kappa shape index (κ3) is 8.81. The van der Waals surface area contributed by atoms with Gasteiger partial charge in [-0.05, 0) is 75.6 Å². The molecule has 0 saturated carbocycles. The summed E-state index contributed by atoms with van der Waals surface area (Å²) in [6, 6.07) is 22.2. The number of hydrogen-bond acceptors (Lipinski definition) is 9. The lowest BCUT2D eigenvalue weighted by atomic mass is 10.0. The minimum atomic E-state index is -1.37. The summed E-state index contributed by atoms with van der Waals surface area (Å²) in [6.45, 7) is 6.62. The molecule has 2 amide bonds. The Morgan fingerprint density at radius 1 is 0.938 bits per heavy atom.